The maximum Gasteiger partial charge on any atom is 0.241 e. The summed E-state index contributed by atoms with van der Waals surface area (Å²) in [6.45, 7) is 3.25. The number of aromatic nitrogens is 3. The van der Waals surface area contributed by atoms with Crippen molar-refractivity contribution >= 4 is 11.9 Å². The Hall–Kier alpha value is -1.63. The number of nitrogen functional groups attached to an aromatic ring is 1. The van der Waals surface area contributed by atoms with Gasteiger partial charge >= 0.3 is 0 Å². The molecule has 3 N–H and O–H groups in total. The molecule has 2 heterocycles. The number of carbonyl (C=O) groups excluding carboxylic acids is 1. The molecule has 2 fully saturated rings. The van der Waals surface area contributed by atoms with Crippen LogP contribution in [0.2, 0.25) is 0 Å². The summed E-state index contributed by atoms with van der Waals surface area (Å²) in [5.74, 6) is 0.754. The fourth-order valence-electron chi connectivity index (χ4n) is 2.65. The van der Waals surface area contributed by atoms with Crippen molar-refractivity contribution in [3.63, 3.8) is 0 Å². The lowest BCUT2D eigenvalue weighted by Gasteiger charge is -2.15. The topological polar surface area (TPSA) is 89.1 Å². The van der Waals surface area contributed by atoms with Gasteiger partial charge in [0.25, 0.3) is 0 Å². The number of anilines is 1. The Labute approximate surface area is 112 Å². The summed E-state index contributed by atoms with van der Waals surface area (Å²) in [5, 5.41) is 6.86. The van der Waals surface area contributed by atoms with Crippen LogP contribution in [0.5, 0.6) is 0 Å². The van der Waals surface area contributed by atoms with Gasteiger partial charge in [0.15, 0.2) is 0 Å². The van der Waals surface area contributed by atoms with Crippen LogP contribution in [0.15, 0.2) is 6.33 Å². The van der Waals surface area contributed by atoms with Gasteiger partial charge in [0.1, 0.15) is 12.9 Å². The number of hydrogen-bond acceptors (Lipinski definition) is 5. The lowest BCUT2D eigenvalue weighted by atomic mass is 10.1. The Bertz CT molecular complexity index is 455. The zero-order valence-electron chi connectivity index (χ0n) is 11.0. The molecule has 0 bridgehead atoms. The summed E-state index contributed by atoms with van der Waals surface area (Å²) in [4.78, 5) is 18.1. The van der Waals surface area contributed by atoms with E-state index in [4.69, 9.17) is 5.73 Å². The maximum atomic E-state index is 11.8. The third-order valence-electron chi connectivity index (χ3n) is 3.83. The van der Waals surface area contributed by atoms with Crippen LogP contribution < -0.4 is 11.1 Å². The van der Waals surface area contributed by atoms with Gasteiger partial charge in [0.2, 0.25) is 11.9 Å². The Morgan fingerprint density at radius 2 is 2.32 bits per heavy atom. The minimum Gasteiger partial charge on any atom is -0.367 e. The molecule has 3 rings (SSSR count). The molecule has 1 aliphatic carbocycles. The SMILES string of the molecule is Nc1ncn(CC(=O)NCC2CCN(C3CC3)C2)n1. The summed E-state index contributed by atoms with van der Waals surface area (Å²) in [7, 11) is 0. The van der Waals surface area contributed by atoms with E-state index < -0.39 is 0 Å². The predicted octanol–water partition coefficient (Wildman–Crippen LogP) is -0.539. The highest BCUT2D eigenvalue weighted by atomic mass is 16.2. The minimum atomic E-state index is -0.0326. The molecule has 1 aromatic heterocycles. The zero-order chi connectivity index (χ0) is 13.2. The molecular weight excluding hydrogens is 244 g/mol. The highest BCUT2D eigenvalue weighted by molar-refractivity contribution is 5.75. The van der Waals surface area contributed by atoms with Crippen molar-refractivity contribution in [3.05, 3.63) is 6.33 Å². The number of nitrogens with two attached hydrogens (primary N) is 1. The third kappa shape index (κ3) is 3.23. The molecule has 0 spiro atoms. The predicted molar refractivity (Wildman–Crippen MR) is 70.1 cm³/mol. The Morgan fingerprint density at radius 3 is 3.00 bits per heavy atom. The molecule has 1 saturated heterocycles. The summed E-state index contributed by atoms with van der Waals surface area (Å²) in [6.07, 6.45) is 5.37. The van der Waals surface area contributed by atoms with Crippen molar-refractivity contribution in [1.29, 1.82) is 0 Å². The average Bonchev–Trinajstić information content (AvgIpc) is 2.99. The smallest absolute Gasteiger partial charge is 0.241 e. The van der Waals surface area contributed by atoms with Crippen LogP contribution in [0.1, 0.15) is 19.3 Å². The van der Waals surface area contributed by atoms with Crippen molar-refractivity contribution in [2.24, 2.45) is 5.92 Å². The molecule has 104 valence electrons. The summed E-state index contributed by atoms with van der Waals surface area (Å²) < 4.78 is 1.45. The fourth-order valence-corrected chi connectivity index (χ4v) is 2.65. The third-order valence-corrected chi connectivity index (χ3v) is 3.83. The van der Waals surface area contributed by atoms with E-state index in [-0.39, 0.29) is 18.4 Å². The number of nitrogens with zero attached hydrogens (tertiary/aromatic N) is 4. The second kappa shape index (κ2) is 5.16. The van der Waals surface area contributed by atoms with E-state index in [1.807, 2.05) is 0 Å². The molecule has 1 saturated carbocycles. The highest BCUT2D eigenvalue weighted by Crippen LogP contribution is 2.31. The highest BCUT2D eigenvalue weighted by Gasteiger charge is 2.34. The number of amides is 1. The van der Waals surface area contributed by atoms with Crippen LogP contribution in [0, 0.1) is 5.92 Å². The van der Waals surface area contributed by atoms with Crippen molar-refractivity contribution < 1.29 is 4.79 Å². The quantitative estimate of drug-likeness (QED) is 0.745. The van der Waals surface area contributed by atoms with E-state index in [1.165, 1.54) is 36.8 Å². The number of carbonyl (C=O) groups is 1. The van der Waals surface area contributed by atoms with Crippen LogP contribution in [-0.4, -0.2) is 51.2 Å². The van der Waals surface area contributed by atoms with Crippen molar-refractivity contribution in [2.75, 3.05) is 25.4 Å². The minimum absolute atomic E-state index is 0.0326. The van der Waals surface area contributed by atoms with E-state index >= 15 is 0 Å². The van der Waals surface area contributed by atoms with Crippen molar-refractivity contribution in [3.8, 4) is 0 Å². The molecule has 1 unspecified atom stereocenters. The second-order valence-electron chi connectivity index (χ2n) is 5.49. The molecule has 7 heteroatoms. The first-order chi connectivity index (χ1) is 9.20. The monoisotopic (exact) mass is 264 g/mol. The molecule has 2 aliphatic rings. The second-order valence-corrected chi connectivity index (χ2v) is 5.49. The van der Waals surface area contributed by atoms with Crippen molar-refractivity contribution in [1.82, 2.24) is 25.0 Å². The van der Waals surface area contributed by atoms with Crippen LogP contribution >= 0.6 is 0 Å². The largest absolute Gasteiger partial charge is 0.367 e. The van der Waals surface area contributed by atoms with Gasteiger partial charge in [-0.25, -0.2) is 9.67 Å². The molecule has 1 aliphatic heterocycles. The van der Waals surface area contributed by atoms with E-state index in [0.717, 1.165) is 19.1 Å². The van der Waals surface area contributed by atoms with E-state index in [0.29, 0.717) is 5.92 Å². The van der Waals surface area contributed by atoms with Crippen LogP contribution in [0.4, 0.5) is 5.95 Å². The summed E-state index contributed by atoms with van der Waals surface area (Å²) >= 11 is 0. The van der Waals surface area contributed by atoms with Crippen LogP contribution in [-0.2, 0) is 11.3 Å². The van der Waals surface area contributed by atoms with Gasteiger partial charge in [-0.1, -0.05) is 0 Å². The standard InChI is InChI=1S/C12H20N6O/c13-12-15-8-18(16-12)7-11(19)14-5-9-3-4-17(6-9)10-1-2-10/h8-10H,1-7H2,(H2,13,16)(H,14,19). The van der Waals surface area contributed by atoms with Gasteiger partial charge in [-0.05, 0) is 31.7 Å². The molecule has 1 aromatic rings. The molecule has 0 aromatic carbocycles. The van der Waals surface area contributed by atoms with Crippen LogP contribution in [0.25, 0.3) is 0 Å². The van der Waals surface area contributed by atoms with Gasteiger partial charge in [-0.2, -0.15) is 0 Å². The van der Waals surface area contributed by atoms with Crippen LogP contribution in [0.3, 0.4) is 0 Å². The molecule has 1 atom stereocenters. The molecule has 0 radical (unpaired) electrons. The maximum absolute atomic E-state index is 11.8. The molecule has 19 heavy (non-hydrogen) atoms. The summed E-state index contributed by atoms with van der Waals surface area (Å²) in [5.41, 5.74) is 5.40. The Morgan fingerprint density at radius 1 is 1.47 bits per heavy atom. The van der Waals surface area contributed by atoms with E-state index in [2.05, 4.69) is 20.3 Å². The van der Waals surface area contributed by atoms with Gasteiger partial charge < -0.3 is 16.0 Å². The number of nitrogens with one attached hydrogen (secondary N) is 1. The Kier molecular flexibility index (Phi) is 3.37. The van der Waals surface area contributed by atoms with Crippen molar-refractivity contribution in [2.45, 2.75) is 31.8 Å². The Balaban J connectivity index is 1.38. The molecule has 1 amide bonds. The first kappa shape index (κ1) is 12.4. The normalized spacial score (nSPS) is 23.7. The fraction of sp³-hybridized carbons (Fsp3) is 0.750. The average molecular weight is 264 g/mol. The van der Waals surface area contributed by atoms with Gasteiger partial charge in [-0.3, -0.25) is 4.79 Å². The number of likely N-dealkylation sites (tertiary alicyclic amines) is 1. The lowest BCUT2D eigenvalue weighted by molar-refractivity contribution is -0.122. The van der Waals surface area contributed by atoms with E-state index in [1.54, 1.807) is 0 Å². The zero-order valence-corrected chi connectivity index (χ0v) is 11.0. The molecular formula is C12H20N6O. The van der Waals surface area contributed by atoms with E-state index in [9.17, 15) is 4.79 Å². The van der Waals surface area contributed by atoms with Gasteiger partial charge in [-0.15, -0.1) is 5.10 Å². The first-order valence-corrected chi connectivity index (χ1v) is 6.86. The lowest BCUT2D eigenvalue weighted by Crippen LogP contribution is -2.33. The summed E-state index contributed by atoms with van der Waals surface area (Å²) in [6, 6.07) is 0.832. The van der Waals surface area contributed by atoms with Gasteiger partial charge in [0, 0.05) is 19.1 Å². The number of hydrogen-bond donors (Lipinski definition) is 2. The molecule has 7 nitrogen and oxygen atoms in total. The van der Waals surface area contributed by atoms with Gasteiger partial charge in [0.05, 0.1) is 0 Å². The first-order valence-electron chi connectivity index (χ1n) is 6.86. The number of rotatable bonds is 5.